The van der Waals surface area contributed by atoms with Crippen molar-refractivity contribution in [1.82, 2.24) is 9.88 Å². The lowest BCUT2D eigenvalue weighted by Crippen LogP contribution is -2.43. The van der Waals surface area contributed by atoms with Crippen LogP contribution in [0.2, 0.25) is 0 Å². The van der Waals surface area contributed by atoms with Crippen molar-refractivity contribution >= 4 is 0 Å². The summed E-state index contributed by atoms with van der Waals surface area (Å²) in [6.45, 7) is 0. The molecule has 0 radical (unpaired) electrons. The van der Waals surface area contributed by atoms with Crippen molar-refractivity contribution < 1.29 is 4.74 Å². The van der Waals surface area contributed by atoms with E-state index in [-0.39, 0.29) is 6.10 Å². The monoisotopic (exact) mass is 334 g/mol. The van der Waals surface area contributed by atoms with E-state index < -0.39 is 0 Å². The smallest absolute Gasteiger partial charge is 0.110 e. The van der Waals surface area contributed by atoms with Crippen LogP contribution in [0.15, 0.2) is 42.6 Å². The Labute approximate surface area is 150 Å². The van der Waals surface area contributed by atoms with Crippen LogP contribution in [0.25, 0.3) is 0 Å². The summed E-state index contributed by atoms with van der Waals surface area (Å²) in [6, 6.07) is 14.5. The summed E-state index contributed by atoms with van der Waals surface area (Å²) in [6.07, 6.45) is 9.38. The first kappa shape index (κ1) is 15.5. The minimum atomic E-state index is 0.0372. The van der Waals surface area contributed by atoms with Crippen molar-refractivity contribution in [3.8, 4) is 0 Å². The van der Waals surface area contributed by atoms with Crippen molar-refractivity contribution in [2.45, 2.75) is 62.8 Å². The van der Waals surface area contributed by atoms with Gasteiger partial charge in [0.05, 0.1) is 6.10 Å². The number of hydrogen-bond donors (Lipinski definition) is 0. The Morgan fingerprint density at radius 3 is 2.56 bits per heavy atom. The molecule has 2 fully saturated rings. The van der Waals surface area contributed by atoms with Gasteiger partial charge in [0, 0.05) is 29.5 Å². The summed E-state index contributed by atoms with van der Waals surface area (Å²) in [4.78, 5) is 7.25. The van der Waals surface area contributed by atoms with E-state index in [1.165, 1.54) is 48.1 Å². The van der Waals surface area contributed by atoms with Gasteiger partial charge in [0.1, 0.15) is 6.10 Å². The second kappa shape index (κ2) is 6.22. The second-order valence-corrected chi connectivity index (χ2v) is 7.90. The Morgan fingerprint density at radius 2 is 1.72 bits per heavy atom. The van der Waals surface area contributed by atoms with Crippen molar-refractivity contribution in [3.05, 3.63) is 65.0 Å². The first-order valence-electron chi connectivity index (χ1n) is 9.68. The molecular formula is C22H26N2O. The molecule has 0 N–H and O–H groups in total. The molecule has 0 spiro atoms. The summed E-state index contributed by atoms with van der Waals surface area (Å²) < 4.78 is 6.83. The third-order valence-electron chi connectivity index (χ3n) is 6.56. The van der Waals surface area contributed by atoms with Gasteiger partial charge >= 0.3 is 0 Å². The third kappa shape index (κ3) is 2.70. The van der Waals surface area contributed by atoms with Crippen LogP contribution in [0.5, 0.6) is 0 Å². The maximum Gasteiger partial charge on any atom is 0.110 e. The zero-order chi connectivity index (χ0) is 16.8. The van der Waals surface area contributed by atoms with Crippen molar-refractivity contribution in [3.63, 3.8) is 0 Å². The molecular weight excluding hydrogens is 308 g/mol. The van der Waals surface area contributed by atoms with Crippen molar-refractivity contribution in [2.24, 2.45) is 0 Å². The number of benzene rings is 1. The lowest BCUT2D eigenvalue weighted by atomic mass is 9.96. The van der Waals surface area contributed by atoms with E-state index in [0.717, 1.165) is 12.8 Å². The number of rotatable bonds is 2. The number of fused-ring (bicyclic) bond motifs is 4. The molecule has 2 saturated heterocycles. The molecule has 0 saturated carbocycles. The third-order valence-corrected chi connectivity index (χ3v) is 6.56. The maximum absolute atomic E-state index is 6.83. The van der Waals surface area contributed by atoms with E-state index in [1.54, 1.807) is 0 Å². The van der Waals surface area contributed by atoms with Gasteiger partial charge in [-0.05, 0) is 62.8 Å². The van der Waals surface area contributed by atoms with Gasteiger partial charge in [-0.25, -0.2) is 0 Å². The molecule has 25 heavy (non-hydrogen) atoms. The molecule has 2 aromatic rings. The number of pyridine rings is 1. The molecule has 3 heteroatoms. The fourth-order valence-corrected chi connectivity index (χ4v) is 5.15. The molecule has 3 nitrogen and oxygen atoms in total. The standard InChI is InChI=1S/C22H26N2O/c1-24-16-9-10-17(24)14-18(13-16)25-22-19-6-3-2-5-15(19)8-11-21-20(22)7-4-12-23-21/h2-7,12,16-18,22H,8-11,13-14H2,1H3/t16-,17+,18?,22-/m1/s1. The van der Waals surface area contributed by atoms with Gasteiger partial charge in [-0.15, -0.1) is 0 Å². The largest absolute Gasteiger partial charge is 0.365 e. The fraction of sp³-hybridized carbons (Fsp3) is 0.500. The molecule has 1 unspecified atom stereocenters. The van der Waals surface area contributed by atoms with Crippen LogP contribution in [-0.2, 0) is 17.6 Å². The molecule has 1 aromatic carbocycles. The predicted octanol–water partition coefficient (Wildman–Crippen LogP) is 3.91. The Hall–Kier alpha value is -1.71. The molecule has 130 valence electrons. The highest BCUT2D eigenvalue weighted by Crippen LogP contribution is 2.40. The Kier molecular flexibility index (Phi) is 3.87. The molecule has 1 aromatic heterocycles. The predicted molar refractivity (Wildman–Crippen MR) is 98.6 cm³/mol. The topological polar surface area (TPSA) is 25.4 Å². The van der Waals surface area contributed by atoms with Gasteiger partial charge in [-0.2, -0.15) is 0 Å². The summed E-state index contributed by atoms with van der Waals surface area (Å²) in [5, 5.41) is 0. The first-order valence-corrected chi connectivity index (χ1v) is 9.68. The van der Waals surface area contributed by atoms with Crippen LogP contribution in [0.1, 0.15) is 54.2 Å². The van der Waals surface area contributed by atoms with Crippen LogP contribution in [-0.4, -0.2) is 35.1 Å². The Balaban J connectivity index is 1.50. The first-order chi connectivity index (χ1) is 12.3. The fourth-order valence-electron chi connectivity index (χ4n) is 5.15. The highest BCUT2D eigenvalue weighted by Gasteiger charge is 2.40. The van der Waals surface area contributed by atoms with Gasteiger partial charge in [-0.3, -0.25) is 4.98 Å². The zero-order valence-corrected chi connectivity index (χ0v) is 14.9. The number of ether oxygens (including phenoxy) is 1. The lowest BCUT2D eigenvalue weighted by molar-refractivity contribution is -0.0429. The minimum absolute atomic E-state index is 0.0372. The van der Waals surface area contributed by atoms with Crippen LogP contribution in [0.4, 0.5) is 0 Å². The molecule has 4 atom stereocenters. The van der Waals surface area contributed by atoms with E-state index in [0.29, 0.717) is 18.2 Å². The highest BCUT2D eigenvalue weighted by atomic mass is 16.5. The van der Waals surface area contributed by atoms with Crippen LogP contribution in [0, 0.1) is 0 Å². The Morgan fingerprint density at radius 1 is 0.960 bits per heavy atom. The van der Waals surface area contributed by atoms with Gasteiger partial charge in [-0.1, -0.05) is 30.3 Å². The zero-order valence-electron chi connectivity index (χ0n) is 14.9. The van der Waals surface area contributed by atoms with E-state index in [2.05, 4.69) is 53.3 Å². The number of nitrogens with zero attached hydrogens (tertiary/aromatic N) is 2. The SMILES string of the molecule is CN1[C@@H]2CC[C@H]1CC(O[C@@H]1c3ccccc3CCc3ncccc31)C2. The molecule has 5 rings (SSSR count). The van der Waals surface area contributed by atoms with Gasteiger partial charge in [0.2, 0.25) is 0 Å². The number of piperidine rings is 1. The quantitative estimate of drug-likeness (QED) is 0.832. The number of hydrogen-bond acceptors (Lipinski definition) is 3. The van der Waals surface area contributed by atoms with Crippen LogP contribution in [0.3, 0.4) is 0 Å². The second-order valence-electron chi connectivity index (χ2n) is 7.90. The number of aromatic nitrogens is 1. The molecule has 3 aliphatic rings. The normalized spacial score (nSPS) is 31.2. The van der Waals surface area contributed by atoms with E-state index in [1.807, 2.05) is 6.20 Å². The molecule has 0 amide bonds. The summed E-state index contributed by atoms with van der Waals surface area (Å²) >= 11 is 0. The van der Waals surface area contributed by atoms with Gasteiger partial charge in [0.25, 0.3) is 0 Å². The van der Waals surface area contributed by atoms with E-state index >= 15 is 0 Å². The molecule has 3 heterocycles. The van der Waals surface area contributed by atoms with Crippen LogP contribution < -0.4 is 0 Å². The van der Waals surface area contributed by atoms with E-state index in [4.69, 9.17) is 4.74 Å². The van der Waals surface area contributed by atoms with Gasteiger partial charge in [0.15, 0.2) is 0 Å². The highest BCUT2D eigenvalue weighted by molar-refractivity contribution is 5.41. The van der Waals surface area contributed by atoms with E-state index in [9.17, 15) is 0 Å². The van der Waals surface area contributed by atoms with Crippen molar-refractivity contribution in [1.29, 1.82) is 0 Å². The molecule has 2 bridgehead atoms. The van der Waals surface area contributed by atoms with Crippen LogP contribution >= 0.6 is 0 Å². The Bertz CT molecular complexity index is 713. The summed E-state index contributed by atoms with van der Waals surface area (Å²) in [5.74, 6) is 0. The summed E-state index contributed by atoms with van der Waals surface area (Å²) in [7, 11) is 2.29. The molecule has 1 aliphatic carbocycles. The molecule has 2 aliphatic heterocycles. The minimum Gasteiger partial charge on any atom is -0.365 e. The maximum atomic E-state index is 6.83. The van der Waals surface area contributed by atoms with Gasteiger partial charge < -0.3 is 9.64 Å². The lowest BCUT2D eigenvalue weighted by Gasteiger charge is -2.38. The number of aryl methyl sites for hydroxylation is 2. The average molecular weight is 334 g/mol. The average Bonchev–Trinajstić information content (AvgIpc) is 2.82. The van der Waals surface area contributed by atoms with Crippen molar-refractivity contribution in [2.75, 3.05) is 7.05 Å². The summed E-state index contributed by atoms with van der Waals surface area (Å²) in [5.41, 5.74) is 5.25.